The minimum atomic E-state index is -0.848. The average Bonchev–Trinajstić information content (AvgIpc) is 3.00. The van der Waals surface area contributed by atoms with Crippen LogP contribution in [0.15, 0.2) is 24.3 Å². The smallest absolute Gasteiger partial charge is 0.344 e. The van der Waals surface area contributed by atoms with E-state index >= 15 is 0 Å². The second-order valence-corrected chi connectivity index (χ2v) is 8.83. The highest BCUT2D eigenvalue weighted by atomic mass is 16.5. The molecule has 1 aliphatic carbocycles. The van der Waals surface area contributed by atoms with Crippen molar-refractivity contribution < 1.29 is 19.1 Å². The molecule has 1 spiro atoms. The summed E-state index contributed by atoms with van der Waals surface area (Å²) >= 11 is 0. The molecule has 0 aromatic heterocycles. The van der Waals surface area contributed by atoms with E-state index in [4.69, 9.17) is 4.74 Å². The second-order valence-electron chi connectivity index (χ2n) is 8.83. The molecular weight excluding hydrogens is 398 g/mol. The van der Waals surface area contributed by atoms with Crippen LogP contribution in [0.2, 0.25) is 0 Å². The Hall–Kier alpha value is -2.81. The van der Waals surface area contributed by atoms with E-state index in [0.29, 0.717) is 31.8 Å². The Morgan fingerprint density at radius 2 is 1.90 bits per heavy atom. The van der Waals surface area contributed by atoms with Gasteiger partial charge in [-0.1, -0.05) is 13.0 Å². The van der Waals surface area contributed by atoms with Gasteiger partial charge in [0.05, 0.1) is 13.7 Å². The number of imide groups is 1. The lowest BCUT2D eigenvalue weighted by molar-refractivity contribution is -0.140. The molecule has 2 saturated heterocycles. The number of rotatable bonds is 5. The lowest BCUT2D eigenvalue weighted by atomic mass is 9.77. The Labute approximate surface area is 182 Å². The normalized spacial score (nSPS) is 26.8. The maximum absolute atomic E-state index is 12.9. The fourth-order valence-electron chi connectivity index (χ4n) is 4.65. The van der Waals surface area contributed by atoms with E-state index in [1.165, 1.54) is 0 Å². The predicted octanol–water partition coefficient (Wildman–Crippen LogP) is 1.35. The zero-order valence-corrected chi connectivity index (χ0v) is 18.2. The van der Waals surface area contributed by atoms with Gasteiger partial charge < -0.3 is 15.0 Å². The summed E-state index contributed by atoms with van der Waals surface area (Å²) in [7, 11) is 1.65. The number of piperazine rings is 1. The van der Waals surface area contributed by atoms with E-state index in [-0.39, 0.29) is 18.4 Å². The number of carbonyl (C=O) groups excluding carboxylic acids is 3. The first-order valence-electron chi connectivity index (χ1n) is 11.0. The summed E-state index contributed by atoms with van der Waals surface area (Å²) in [5.74, 6) is 0.688. The van der Waals surface area contributed by atoms with Crippen LogP contribution in [-0.4, -0.2) is 73.1 Å². The number of nitrogens with zero attached hydrogens (tertiary/aromatic N) is 3. The summed E-state index contributed by atoms with van der Waals surface area (Å²) in [6.07, 6.45) is 3.03. The standard InChI is InChI=1S/C22H31N5O4/c1-16-6-8-22(9-7-16)20(29)27(21(30)23-22)24-19(28)15-25-10-12-26(13-11-25)17-4-3-5-18(14-17)31-2/h3-5,14,16H,6-13,15H2,1-2H3,(H,23,30)(H,24,28). The van der Waals surface area contributed by atoms with Gasteiger partial charge in [0, 0.05) is 37.9 Å². The van der Waals surface area contributed by atoms with Crippen molar-refractivity contribution in [2.24, 2.45) is 5.92 Å². The number of hydrogen-bond acceptors (Lipinski definition) is 6. The first-order chi connectivity index (χ1) is 14.9. The molecular formula is C22H31N5O4. The number of amides is 4. The molecule has 9 heteroatoms. The molecule has 31 heavy (non-hydrogen) atoms. The molecule has 1 aromatic rings. The molecule has 0 atom stereocenters. The zero-order valence-electron chi connectivity index (χ0n) is 18.2. The maximum atomic E-state index is 12.9. The Morgan fingerprint density at radius 1 is 1.19 bits per heavy atom. The number of carbonyl (C=O) groups is 3. The van der Waals surface area contributed by atoms with Crippen LogP contribution >= 0.6 is 0 Å². The van der Waals surface area contributed by atoms with Crippen LogP contribution in [0.4, 0.5) is 10.5 Å². The molecule has 168 valence electrons. The number of methoxy groups -OCH3 is 1. The highest BCUT2D eigenvalue weighted by Gasteiger charge is 2.52. The number of hydrazine groups is 1. The van der Waals surface area contributed by atoms with Gasteiger partial charge in [0.1, 0.15) is 11.3 Å². The molecule has 0 unspecified atom stereocenters. The Kier molecular flexibility index (Phi) is 6.04. The molecule has 4 rings (SSSR count). The SMILES string of the molecule is COc1cccc(N2CCN(CC(=O)NN3C(=O)NC4(CCC(C)CC4)C3=O)CC2)c1. The summed E-state index contributed by atoms with van der Waals surface area (Å²) in [4.78, 5) is 42.1. The summed E-state index contributed by atoms with van der Waals surface area (Å²) in [5, 5.41) is 3.70. The summed E-state index contributed by atoms with van der Waals surface area (Å²) in [6, 6.07) is 7.39. The van der Waals surface area contributed by atoms with E-state index in [2.05, 4.69) is 22.6 Å². The molecule has 2 heterocycles. The first-order valence-corrected chi connectivity index (χ1v) is 11.0. The van der Waals surface area contributed by atoms with Crippen LogP contribution in [0.5, 0.6) is 5.75 Å². The van der Waals surface area contributed by atoms with Crippen LogP contribution in [-0.2, 0) is 9.59 Å². The van der Waals surface area contributed by atoms with E-state index < -0.39 is 11.6 Å². The van der Waals surface area contributed by atoms with Gasteiger partial charge in [-0.15, -0.1) is 0 Å². The van der Waals surface area contributed by atoms with Crippen LogP contribution < -0.4 is 20.4 Å². The van der Waals surface area contributed by atoms with Gasteiger partial charge in [0.15, 0.2) is 0 Å². The summed E-state index contributed by atoms with van der Waals surface area (Å²) in [6.45, 7) is 5.30. The summed E-state index contributed by atoms with van der Waals surface area (Å²) < 4.78 is 5.29. The third kappa shape index (κ3) is 4.46. The van der Waals surface area contributed by atoms with E-state index in [0.717, 1.165) is 42.4 Å². The molecule has 1 aromatic carbocycles. The number of hydrogen-bond donors (Lipinski definition) is 2. The number of anilines is 1. The van der Waals surface area contributed by atoms with Crippen molar-refractivity contribution in [1.29, 1.82) is 0 Å². The predicted molar refractivity (Wildman–Crippen MR) is 116 cm³/mol. The van der Waals surface area contributed by atoms with Crippen LogP contribution in [0.1, 0.15) is 32.6 Å². The van der Waals surface area contributed by atoms with Crippen molar-refractivity contribution in [2.45, 2.75) is 38.1 Å². The highest BCUT2D eigenvalue weighted by Crippen LogP contribution is 2.35. The highest BCUT2D eigenvalue weighted by molar-refractivity contribution is 6.08. The van der Waals surface area contributed by atoms with E-state index in [9.17, 15) is 14.4 Å². The van der Waals surface area contributed by atoms with Crippen molar-refractivity contribution in [2.75, 3.05) is 44.7 Å². The van der Waals surface area contributed by atoms with Gasteiger partial charge >= 0.3 is 6.03 Å². The van der Waals surface area contributed by atoms with Gasteiger partial charge in [-0.05, 0) is 43.7 Å². The van der Waals surface area contributed by atoms with Gasteiger partial charge in [0.2, 0.25) is 0 Å². The maximum Gasteiger partial charge on any atom is 0.344 e. The summed E-state index contributed by atoms with van der Waals surface area (Å²) in [5.41, 5.74) is 2.77. The van der Waals surface area contributed by atoms with Crippen LogP contribution in [0.25, 0.3) is 0 Å². The fourth-order valence-corrected chi connectivity index (χ4v) is 4.65. The number of nitrogens with one attached hydrogen (secondary N) is 2. The molecule has 3 aliphatic rings. The van der Waals surface area contributed by atoms with Crippen molar-refractivity contribution >= 4 is 23.5 Å². The molecule has 0 bridgehead atoms. The fraction of sp³-hybridized carbons (Fsp3) is 0.591. The Bertz CT molecular complexity index is 844. The van der Waals surface area contributed by atoms with Crippen molar-refractivity contribution in [3.63, 3.8) is 0 Å². The van der Waals surface area contributed by atoms with Crippen LogP contribution in [0, 0.1) is 5.92 Å². The van der Waals surface area contributed by atoms with Gasteiger partial charge in [-0.3, -0.25) is 19.9 Å². The number of benzene rings is 1. The van der Waals surface area contributed by atoms with Crippen LogP contribution in [0.3, 0.4) is 0 Å². The van der Waals surface area contributed by atoms with E-state index in [1.54, 1.807) is 7.11 Å². The molecule has 2 N–H and O–H groups in total. The topological polar surface area (TPSA) is 94.2 Å². The molecule has 0 radical (unpaired) electrons. The monoisotopic (exact) mass is 429 g/mol. The third-order valence-electron chi connectivity index (χ3n) is 6.68. The van der Waals surface area contributed by atoms with E-state index in [1.807, 2.05) is 29.2 Å². The van der Waals surface area contributed by atoms with Gasteiger partial charge in [-0.25, -0.2) is 4.79 Å². The molecule has 4 amide bonds. The number of urea groups is 1. The average molecular weight is 430 g/mol. The van der Waals surface area contributed by atoms with Crippen molar-refractivity contribution in [3.8, 4) is 5.75 Å². The third-order valence-corrected chi connectivity index (χ3v) is 6.68. The Balaban J connectivity index is 1.28. The quantitative estimate of drug-likeness (QED) is 0.687. The van der Waals surface area contributed by atoms with Gasteiger partial charge in [-0.2, -0.15) is 5.01 Å². The number of ether oxygens (including phenoxy) is 1. The minimum absolute atomic E-state index is 0.146. The lowest BCUT2D eigenvalue weighted by Crippen LogP contribution is -2.54. The van der Waals surface area contributed by atoms with Crippen molar-refractivity contribution in [3.05, 3.63) is 24.3 Å². The molecule has 9 nitrogen and oxygen atoms in total. The molecule has 3 fully saturated rings. The van der Waals surface area contributed by atoms with Gasteiger partial charge in [0.25, 0.3) is 11.8 Å². The largest absolute Gasteiger partial charge is 0.497 e. The van der Waals surface area contributed by atoms with Crippen molar-refractivity contribution in [1.82, 2.24) is 20.7 Å². The lowest BCUT2D eigenvalue weighted by Gasteiger charge is -2.36. The first kappa shape index (κ1) is 21.4. The minimum Gasteiger partial charge on any atom is -0.497 e. The molecule has 2 aliphatic heterocycles. The molecule has 1 saturated carbocycles. The zero-order chi connectivity index (χ0) is 22.0. The second kappa shape index (κ2) is 8.74. The Morgan fingerprint density at radius 3 is 2.58 bits per heavy atom.